The quantitative estimate of drug-likeness (QED) is 0.00855. The number of phosphoric acid groups is 1. The zero-order valence-electron chi connectivity index (χ0n) is 75.4. The van der Waals surface area contributed by atoms with Gasteiger partial charge in [0.05, 0.1) is 97.3 Å². The monoisotopic (exact) mass is 1780 g/mol. The van der Waals surface area contributed by atoms with Crippen LogP contribution in [-0.4, -0.2) is 444 Å². The van der Waals surface area contributed by atoms with Crippen molar-refractivity contribution in [1.29, 1.82) is 0 Å². The number of hydrogen-bond donors (Lipinski definition) is 12. The number of esters is 1. The molecule has 9 atom stereocenters. The number of carbonyl (C=O) groups excluding carboxylic acids is 2. The van der Waals surface area contributed by atoms with Crippen molar-refractivity contribution in [3.05, 3.63) is 131 Å². The van der Waals surface area contributed by atoms with Crippen LogP contribution in [0, 0.1) is 0 Å². The highest BCUT2D eigenvalue weighted by molar-refractivity contribution is 7.95. The standard InChI is InChI=1S/C24H38N6O3.C23H41N4O6P.C20H35N3O4S.C19H36N6O4/c1-19(31)14-27-8-9-28(15-20(2)32)11-13-29(12-10-27)17-24-18-30(26-25-24)16-22-4-6-23(7-5-22)21(3)33;1-19(28)16-25-9-10-26(17-20(2)29)12-14-27(13-11-25)18-22-4-6-23(7-5-22)21(3)24-8-15-33-34(30,31)32;1-17(24)14-21-8-9-22(15-18(2)25)11-13-23(12-10-21)16-19-4-6-20(7-5-19)28(3,26)27;1-4-29-19(28)15-25-14-18(20-21-25)13-24-9-7-22(11-16(2)26)5-6-23(8-10-24)12-17(3)27/h4-7,18-20,31-32H,8-17H2,1-3H3;4-7,19-20,24,28-29H,3,8-18H2,1-2H3,(H2,30,31,32);4-7,17-18,24-25H,3,8-16H2,1-2H3,(H,26,27);14,16-17,26-27H,4-13,15H2,1-3H3/t2*19-,20-;17-,18-;16-,17-/m0000/s1. The smallest absolute Gasteiger partial charge is 0.465 e. The van der Waals surface area contributed by atoms with Gasteiger partial charge in [0.15, 0.2) is 5.78 Å². The van der Waals surface area contributed by atoms with Crippen LogP contribution in [0.1, 0.15) is 113 Å². The third-order valence-corrected chi connectivity index (χ3v) is 22.8. The van der Waals surface area contributed by atoms with E-state index >= 15 is 0 Å². The minimum Gasteiger partial charge on any atom is -0.465 e. The third kappa shape index (κ3) is 45.7. The highest BCUT2D eigenvalue weighted by Crippen LogP contribution is 2.35. The van der Waals surface area contributed by atoms with E-state index in [2.05, 4.69) is 114 Å². The molecule has 124 heavy (non-hydrogen) atoms. The van der Waals surface area contributed by atoms with Crippen molar-refractivity contribution < 1.29 is 82.8 Å². The first-order valence-corrected chi connectivity index (χ1v) is 47.1. The molecule has 12 N–H and O–H groups in total. The molecule has 9 rings (SSSR count). The molecule has 0 bridgehead atoms. The molecular weight excluding hydrogens is 1630 g/mol. The van der Waals surface area contributed by atoms with Crippen LogP contribution in [0.25, 0.3) is 5.70 Å². The fourth-order valence-electron chi connectivity index (χ4n) is 15.2. The van der Waals surface area contributed by atoms with Crippen LogP contribution in [0.2, 0.25) is 0 Å². The summed E-state index contributed by atoms with van der Waals surface area (Å²) in [5, 5.41) is 98.5. The number of carbonyl (C=O) groups is 2. The van der Waals surface area contributed by atoms with Crippen LogP contribution in [-0.2, 0) is 67.7 Å². The van der Waals surface area contributed by atoms with Crippen molar-refractivity contribution in [2.24, 2.45) is 0 Å². The van der Waals surface area contributed by atoms with E-state index in [9.17, 15) is 63.8 Å². The van der Waals surface area contributed by atoms with E-state index in [0.29, 0.717) is 94.8 Å². The molecule has 38 heteroatoms. The fourth-order valence-corrected chi connectivity index (χ4v) is 16.1. The molecule has 4 aliphatic rings. The zero-order chi connectivity index (χ0) is 90.9. The Morgan fingerprint density at radius 1 is 0.427 bits per heavy atom. The summed E-state index contributed by atoms with van der Waals surface area (Å²) in [6.07, 6.45) is 0.772. The minimum atomic E-state index is -4.46. The summed E-state index contributed by atoms with van der Waals surface area (Å²) in [7, 11) is -7.64. The Balaban J connectivity index is 0.000000256. The van der Waals surface area contributed by atoms with Crippen molar-refractivity contribution in [2.45, 2.75) is 162 Å². The van der Waals surface area contributed by atoms with Gasteiger partial charge in [-0.15, -0.1) is 10.2 Å². The number of nitrogens with zero attached hydrogens (tertiary/aromatic N) is 18. The summed E-state index contributed by atoms with van der Waals surface area (Å²) in [5.41, 5.74) is 7.31. The fraction of sp³-hybridized carbons (Fsp3) is 0.686. The van der Waals surface area contributed by atoms with E-state index in [1.807, 2.05) is 87.1 Å². The molecule has 0 saturated carbocycles. The van der Waals surface area contributed by atoms with Crippen LogP contribution in [0.5, 0.6) is 0 Å². The normalized spacial score (nSPS) is 20.0. The van der Waals surface area contributed by atoms with Gasteiger partial charge in [0.2, 0.25) is 0 Å². The number of aliphatic hydroxyl groups excluding tert-OH is 8. The Kier molecular flexibility index (Phi) is 48.5. The SMILES string of the molecule is C=C(NCCOP(=O)(O)O)c1ccc(CN2CCN(C[C@H](C)O)CCN(C[C@H](C)O)CC2)cc1.C=S(=O)(O)c1ccc(CN2CCN(C[C@H](C)O)CCN(C[C@H](C)O)CC2)cc1.CC(=O)c1ccc(Cn2cc(CN3CCN(C[C@H](C)O)CCN(C[C@H](C)O)CC3)nn2)cc1.CCOC(=O)Cn1cc(CN2CCN(C[C@H](C)O)CCN(C[C@H](C)O)CC2)nn1. The third-order valence-electron chi connectivity index (χ3n) is 21.3. The molecule has 702 valence electrons. The maximum absolute atomic E-state index is 11.6. The summed E-state index contributed by atoms with van der Waals surface area (Å²) in [4.78, 5) is 68.5. The van der Waals surface area contributed by atoms with Gasteiger partial charge in [0.1, 0.15) is 16.3 Å². The van der Waals surface area contributed by atoms with Gasteiger partial charge in [-0.05, 0) is 109 Å². The van der Waals surface area contributed by atoms with Crippen LogP contribution < -0.4 is 5.32 Å². The molecule has 0 radical (unpaired) electrons. The van der Waals surface area contributed by atoms with Gasteiger partial charge in [-0.1, -0.05) is 77.7 Å². The first-order chi connectivity index (χ1) is 58.8. The number of nitrogens with one attached hydrogen (secondary N) is 1. The highest BCUT2D eigenvalue weighted by atomic mass is 32.2. The number of ether oxygens (including phenoxy) is 1. The average molecular weight is 1790 g/mol. The lowest BCUT2D eigenvalue weighted by Crippen LogP contribution is -2.41. The number of β-amino-alcohol motifs (C(OH)–C–C–N with tert-alkyl or cyclic N) is 8. The second-order valence-corrected chi connectivity index (χ2v) is 36.9. The first-order valence-electron chi connectivity index (χ1n) is 43.9. The maximum Gasteiger partial charge on any atom is 0.469 e. The summed E-state index contributed by atoms with van der Waals surface area (Å²) in [6, 6.07) is 22.8. The molecular formula is C86H150N19O17PS. The number of aliphatic hydroxyl groups is 8. The molecule has 4 fully saturated rings. The number of benzene rings is 3. The number of phosphoric ester groups is 1. The summed E-state index contributed by atoms with van der Waals surface area (Å²) in [6.45, 7) is 51.9. The molecule has 1 unspecified atom stereocenters. The van der Waals surface area contributed by atoms with Crippen molar-refractivity contribution in [1.82, 2.24) is 94.1 Å². The summed E-state index contributed by atoms with van der Waals surface area (Å²) in [5.74, 6) is 3.04. The predicted octanol–water partition coefficient (Wildman–Crippen LogP) is 0.686. The Morgan fingerprint density at radius 2 is 0.694 bits per heavy atom. The Hall–Kier alpha value is -6.09. The second kappa shape index (κ2) is 56.4. The lowest BCUT2D eigenvalue weighted by atomic mass is 10.1. The molecule has 3 aromatic carbocycles. The van der Waals surface area contributed by atoms with E-state index in [1.165, 1.54) is 10.2 Å². The highest BCUT2D eigenvalue weighted by Gasteiger charge is 2.26. The Morgan fingerprint density at radius 3 is 0.976 bits per heavy atom. The van der Waals surface area contributed by atoms with Crippen LogP contribution in [0.15, 0.2) is 96.7 Å². The Bertz CT molecular complexity index is 3870. The summed E-state index contributed by atoms with van der Waals surface area (Å²) < 4.78 is 44.6. The molecule has 0 spiro atoms. The minimum absolute atomic E-state index is 0.0607. The molecule has 0 amide bonds. The first kappa shape index (κ1) is 107. The number of ketones is 1. The van der Waals surface area contributed by atoms with Crippen molar-refractivity contribution in [3.8, 4) is 0 Å². The average Bonchev–Trinajstić information content (AvgIpc) is 1.69. The van der Waals surface area contributed by atoms with Gasteiger partial charge >= 0.3 is 13.8 Å². The van der Waals surface area contributed by atoms with E-state index < -0.39 is 17.6 Å². The molecule has 0 aliphatic carbocycles. The van der Waals surface area contributed by atoms with Crippen LogP contribution in [0.3, 0.4) is 0 Å². The van der Waals surface area contributed by atoms with Gasteiger partial charge in [0.25, 0.3) is 0 Å². The van der Waals surface area contributed by atoms with Crippen LogP contribution >= 0.6 is 7.82 Å². The lowest BCUT2D eigenvalue weighted by molar-refractivity contribution is -0.144. The van der Waals surface area contributed by atoms with E-state index in [-0.39, 0.29) is 80.3 Å². The maximum atomic E-state index is 11.6. The number of rotatable bonds is 37. The van der Waals surface area contributed by atoms with Crippen LogP contribution in [0.4, 0.5) is 0 Å². The van der Waals surface area contributed by atoms with Crippen molar-refractivity contribution in [3.63, 3.8) is 0 Å². The lowest BCUT2D eigenvalue weighted by Gasteiger charge is -2.27. The number of hydrogen-bond acceptors (Lipinski definition) is 31. The second-order valence-electron chi connectivity index (χ2n) is 33.9. The summed E-state index contributed by atoms with van der Waals surface area (Å²) >= 11 is 0. The molecule has 4 saturated heterocycles. The molecule has 4 aliphatic heterocycles. The van der Waals surface area contributed by atoms with Crippen molar-refractivity contribution in [2.75, 3.05) is 229 Å². The van der Waals surface area contributed by atoms with Gasteiger partial charge in [-0.25, -0.2) is 18.1 Å². The molecule has 5 aromatic rings. The number of aromatic nitrogens is 6. The van der Waals surface area contributed by atoms with Gasteiger partial charge < -0.3 is 65.2 Å². The zero-order valence-corrected chi connectivity index (χ0v) is 77.1. The van der Waals surface area contributed by atoms with Gasteiger partial charge in [0, 0.05) is 253 Å². The topological polar surface area (TPSA) is 422 Å². The van der Waals surface area contributed by atoms with Crippen molar-refractivity contribution >= 4 is 40.9 Å². The van der Waals surface area contributed by atoms with E-state index in [1.54, 1.807) is 59.9 Å². The molecule has 6 heterocycles. The van der Waals surface area contributed by atoms with E-state index in [0.717, 1.165) is 198 Å². The van der Waals surface area contributed by atoms with Gasteiger partial charge in [-0.3, -0.25) is 72.9 Å². The predicted molar refractivity (Wildman–Crippen MR) is 482 cm³/mol. The largest absolute Gasteiger partial charge is 0.469 e. The van der Waals surface area contributed by atoms with E-state index in [4.69, 9.17) is 14.5 Å². The Labute approximate surface area is 736 Å². The molecule has 2 aromatic heterocycles. The van der Waals surface area contributed by atoms with Gasteiger partial charge in [-0.2, -0.15) is 0 Å². The molecule has 36 nitrogen and oxygen atoms in total. The number of Topliss-reactive ketones (excluding diaryl/α,β-unsaturated/α-hetero) is 1.